The first-order valence-corrected chi connectivity index (χ1v) is 4.98. The van der Waals surface area contributed by atoms with Gasteiger partial charge >= 0.3 is 0 Å². The fourth-order valence-corrected chi connectivity index (χ4v) is 1.71. The van der Waals surface area contributed by atoms with Crippen LogP contribution in [0.5, 0.6) is 0 Å². The molecule has 1 aromatic heterocycles. The molecular weight excluding hydrogens is 210 g/mol. The predicted octanol–water partition coefficient (Wildman–Crippen LogP) is 2.71. The van der Waals surface area contributed by atoms with Gasteiger partial charge in [-0.25, -0.2) is 0 Å². The third-order valence-electron chi connectivity index (χ3n) is 2.25. The van der Waals surface area contributed by atoms with Crippen LogP contribution in [0.25, 0.3) is 11.1 Å². The molecule has 1 aromatic carbocycles. The summed E-state index contributed by atoms with van der Waals surface area (Å²) in [5, 5.41) is 0.249. The molecule has 0 bridgehead atoms. The predicted molar refractivity (Wildman–Crippen MR) is 62.1 cm³/mol. The largest absolute Gasteiger partial charge is 0.317 e. The van der Waals surface area contributed by atoms with E-state index < -0.39 is 0 Å². The van der Waals surface area contributed by atoms with Crippen LogP contribution in [0.1, 0.15) is 0 Å². The minimum atomic E-state index is -0.170. The molecule has 0 saturated carbocycles. The van der Waals surface area contributed by atoms with Crippen LogP contribution in [0, 0.1) is 0 Å². The molecule has 0 aliphatic carbocycles. The third-order valence-corrected chi connectivity index (χ3v) is 2.52. The van der Waals surface area contributed by atoms with Crippen molar-refractivity contribution >= 4 is 11.6 Å². The SMILES string of the molecule is Cn1cc(-c2ccccc2)cc(Cl)c1=O. The second-order valence-electron chi connectivity index (χ2n) is 3.36. The second kappa shape index (κ2) is 3.91. The van der Waals surface area contributed by atoms with Gasteiger partial charge in [0, 0.05) is 13.2 Å². The van der Waals surface area contributed by atoms with Crippen molar-refractivity contribution in [2.45, 2.75) is 0 Å². The van der Waals surface area contributed by atoms with Crippen molar-refractivity contribution in [3.05, 3.63) is 58.0 Å². The van der Waals surface area contributed by atoms with Crippen molar-refractivity contribution < 1.29 is 0 Å². The van der Waals surface area contributed by atoms with Crippen molar-refractivity contribution in [1.82, 2.24) is 4.57 Å². The van der Waals surface area contributed by atoms with Crippen molar-refractivity contribution in [3.63, 3.8) is 0 Å². The summed E-state index contributed by atoms with van der Waals surface area (Å²) in [7, 11) is 1.70. The Morgan fingerprint density at radius 2 is 1.80 bits per heavy atom. The molecule has 0 aliphatic heterocycles. The first kappa shape index (κ1) is 9.99. The zero-order chi connectivity index (χ0) is 10.8. The van der Waals surface area contributed by atoms with Gasteiger partial charge in [0.2, 0.25) is 0 Å². The number of halogens is 1. The summed E-state index contributed by atoms with van der Waals surface area (Å²) in [5.41, 5.74) is 1.83. The van der Waals surface area contributed by atoms with Crippen LogP contribution >= 0.6 is 11.6 Å². The van der Waals surface area contributed by atoms with E-state index in [0.717, 1.165) is 11.1 Å². The maximum absolute atomic E-state index is 11.4. The number of hydrogen-bond acceptors (Lipinski definition) is 1. The summed E-state index contributed by atoms with van der Waals surface area (Å²) in [6.45, 7) is 0. The average Bonchev–Trinajstić information content (AvgIpc) is 2.26. The fourth-order valence-electron chi connectivity index (χ4n) is 1.46. The maximum Gasteiger partial charge on any atom is 0.269 e. The van der Waals surface area contributed by atoms with Gasteiger partial charge in [-0.15, -0.1) is 0 Å². The highest BCUT2D eigenvalue weighted by Crippen LogP contribution is 2.19. The van der Waals surface area contributed by atoms with Gasteiger partial charge < -0.3 is 4.57 Å². The van der Waals surface area contributed by atoms with Gasteiger partial charge in [0.1, 0.15) is 5.02 Å². The normalized spacial score (nSPS) is 10.3. The number of rotatable bonds is 1. The van der Waals surface area contributed by atoms with E-state index in [1.807, 2.05) is 30.3 Å². The Morgan fingerprint density at radius 1 is 1.13 bits per heavy atom. The smallest absolute Gasteiger partial charge is 0.269 e. The number of benzene rings is 1. The summed E-state index contributed by atoms with van der Waals surface area (Å²) >= 11 is 5.84. The maximum atomic E-state index is 11.4. The Hall–Kier alpha value is -1.54. The van der Waals surface area contributed by atoms with E-state index >= 15 is 0 Å². The van der Waals surface area contributed by atoms with Gasteiger partial charge in [-0.2, -0.15) is 0 Å². The topological polar surface area (TPSA) is 22.0 Å². The van der Waals surface area contributed by atoms with Gasteiger partial charge in [0.05, 0.1) is 0 Å². The molecule has 15 heavy (non-hydrogen) atoms. The van der Waals surface area contributed by atoms with Crippen LogP contribution in [0.4, 0.5) is 0 Å². The molecule has 0 saturated heterocycles. The Bertz CT molecular complexity index is 505. The van der Waals surface area contributed by atoms with E-state index in [1.165, 1.54) is 4.57 Å². The lowest BCUT2D eigenvalue weighted by molar-refractivity contribution is 0.862. The summed E-state index contributed by atoms with van der Waals surface area (Å²) in [4.78, 5) is 11.4. The van der Waals surface area contributed by atoms with E-state index in [-0.39, 0.29) is 10.6 Å². The zero-order valence-corrected chi connectivity index (χ0v) is 9.03. The van der Waals surface area contributed by atoms with Crippen LogP contribution in [-0.4, -0.2) is 4.57 Å². The number of nitrogens with zero attached hydrogens (tertiary/aromatic N) is 1. The summed E-state index contributed by atoms with van der Waals surface area (Å²) < 4.78 is 1.49. The van der Waals surface area contributed by atoms with Gasteiger partial charge in [-0.05, 0) is 17.2 Å². The van der Waals surface area contributed by atoms with Crippen LogP contribution in [0.2, 0.25) is 5.02 Å². The molecule has 0 aliphatic rings. The molecule has 2 nitrogen and oxygen atoms in total. The van der Waals surface area contributed by atoms with Crippen molar-refractivity contribution in [1.29, 1.82) is 0 Å². The summed E-state index contributed by atoms with van der Waals surface area (Å²) in [5.74, 6) is 0. The quantitative estimate of drug-likeness (QED) is 0.723. The molecule has 0 atom stereocenters. The van der Waals surface area contributed by atoms with Gasteiger partial charge in [-0.3, -0.25) is 4.79 Å². The second-order valence-corrected chi connectivity index (χ2v) is 3.77. The Morgan fingerprint density at radius 3 is 2.40 bits per heavy atom. The molecule has 76 valence electrons. The van der Waals surface area contributed by atoms with Crippen LogP contribution in [0.15, 0.2) is 47.4 Å². The highest BCUT2D eigenvalue weighted by Gasteiger charge is 2.03. The lowest BCUT2D eigenvalue weighted by Gasteiger charge is -2.04. The molecule has 0 spiro atoms. The lowest BCUT2D eigenvalue weighted by atomic mass is 10.1. The minimum Gasteiger partial charge on any atom is -0.317 e. The number of hydrogen-bond donors (Lipinski definition) is 0. The molecule has 1 heterocycles. The number of aryl methyl sites for hydroxylation is 1. The zero-order valence-electron chi connectivity index (χ0n) is 8.27. The molecule has 0 N–H and O–H groups in total. The monoisotopic (exact) mass is 219 g/mol. The first-order chi connectivity index (χ1) is 7.18. The van der Waals surface area contributed by atoms with E-state index in [9.17, 15) is 4.79 Å². The Kier molecular flexibility index (Phi) is 2.60. The van der Waals surface area contributed by atoms with E-state index in [2.05, 4.69) is 0 Å². The van der Waals surface area contributed by atoms with Crippen molar-refractivity contribution in [2.24, 2.45) is 7.05 Å². The van der Waals surface area contributed by atoms with E-state index in [1.54, 1.807) is 19.3 Å². The van der Waals surface area contributed by atoms with Gasteiger partial charge in [0.15, 0.2) is 0 Å². The standard InChI is InChI=1S/C12H10ClNO/c1-14-8-10(7-11(13)12(14)15)9-5-3-2-4-6-9/h2-8H,1H3. The van der Waals surface area contributed by atoms with Gasteiger partial charge in [0.25, 0.3) is 5.56 Å². The third kappa shape index (κ3) is 1.95. The van der Waals surface area contributed by atoms with Crippen molar-refractivity contribution in [2.75, 3.05) is 0 Å². The van der Waals surface area contributed by atoms with Gasteiger partial charge in [-0.1, -0.05) is 41.9 Å². The first-order valence-electron chi connectivity index (χ1n) is 4.60. The molecule has 0 fully saturated rings. The van der Waals surface area contributed by atoms with E-state index in [0.29, 0.717) is 0 Å². The average molecular weight is 220 g/mol. The molecule has 0 unspecified atom stereocenters. The van der Waals surface area contributed by atoms with Crippen LogP contribution in [0.3, 0.4) is 0 Å². The minimum absolute atomic E-state index is 0.170. The highest BCUT2D eigenvalue weighted by molar-refractivity contribution is 6.30. The fraction of sp³-hybridized carbons (Fsp3) is 0.0833. The molecule has 2 aromatic rings. The highest BCUT2D eigenvalue weighted by atomic mass is 35.5. The summed E-state index contributed by atoms with van der Waals surface area (Å²) in [6.07, 6.45) is 1.78. The Labute approximate surface area is 92.7 Å². The molecule has 0 radical (unpaired) electrons. The number of pyridine rings is 1. The van der Waals surface area contributed by atoms with E-state index in [4.69, 9.17) is 11.6 Å². The molecule has 2 rings (SSSR count). The summed E-state index contributed by atoms with van der Waals surface area (Å²) in [6, 6.07) is 11.5. The molecule has 0 amide bonds. The molecule has 3 heteroatoms. The number of aromatic nitrogens is 1. The Balaban J connectivity index is 2.61. The lowest BCUT2D eigenvalue weighted by Crippen LogP contribution is -2.16. The van der Waals surface area contributed by atoms with Crippen LogP contribution in [-0.2, 0) is 7.05 Å². The van der Waals surface area contributed by atoms with Crippen LogP contribution < -0.4 is 5.56 Å². The molecular formula is C12H10ClNO. The van der Waals surface area contributed by atoms with Crippen molar-refractivity contribution in [3.8, 4) is 11.1 Å².